The maximum Gasteiger partial charge on any atom is 0.238 e. The van der Waals surface area contributed by atoms with Crippen LogP contribution in [-0.4, -0.2) is 9.97 Å². The number of hydrogen-bond donors (Lipinski definition) is 1. The van der Waals surface area contributed by atoms with Crippen molar-refractivity contribution in [2.75, 3.05) is 5.73 Å². The molecule has 7 heteroatoms. The molecule has 88 valence electrons. The topological polar surface area (TPSA) is 61.0 Å². The molecule has 0 saturated heterocycles. The van der Waals surface area contributed by atoms with Gasteiger partial charge in [0.15, 0.2) is 0 Å². The van der Waals surface area contributed by atoms with E-state index in [4.69, 9.17) is 10.5 Å². The predicted molar refractivity (Wildman–Crippen MR) is 68.3 cm³/mol. The van der Waals surface area contributed by atoms with Crippen molar-refractivity contribution in [3.8, 4) is 11.6 Å². The lowest BCUT2D eigenvalue weighted by atomic mass is 10.3. The Balaban J connectivity index is 2.34. The summed E-state index contributed by atoms with van der Waals surface area (Å²) < 4.78 is 19.5. The van der Waals surface area contributed by atoms with Gasteiger partial charge in [-0.3, -0.25) is 0 Å². The minimum atomic E-state index is -0.410. The first kappa shape index (κ1) is 12.3. The van der Waals surface area contributed by atoms with Crippen molar-refractivity contribution >= 4 is 37.7 Å². The van der Waals surface area contributed by atoms with Crippen molar-refractivity contribution in [3.05, 3.63) is 39.3 Å². The Kier molecular flexibility index (Phi) is 3.58. The first-order valence-corrected chi connectivity index (χ1v) is 6.05. The summed E-state index contributed by atoms with van der Waals surface area (Å²) in [6.07, 6.45) is 1.27. The summed E-state index contributed by atoms with van der Waals surface area (Å²) in [5.41, 5.74) is 5.57. The molecular weight excluding hydrogens is 357 g/mol. The minimum Gasteiger partial charge on any atom is -0.438 e. The highest BCUT2D eigenvalue weighted by Crippen LogP contribution is 2.31. The molecule has 0 unspecified atom stereocenters. The van der Waals surface area contributed by atoms with Gasteiger partial charge in [0.2, 0.25) is 5.88 Å². The van der Waals surface area contributed by atoms with Crippen LogP contribution in [0.15, 0.2) is 33.5 Å². The first-order valence-electron chi connectivity index (χ1n) is 4.46. The average Bonchev–Trinajstić information content (AvgIpc) is 2.23. The predicted octanol–water partition coefficient (Wildman–Crippen LogP) is 3.52. The van der Waals surface area contributed by atoms with Crippen LogP contribution >= 0.6 is 31.9 Å². The molecule has 2 rings (SSSR count). The summed E-state index contributed by atoms with van der Waals surface area (Å²) in [6.45, 7) is 0. The van der Waals surface area contributed by atoms with Crippen LogP contribution in [0, 0.1) is 5.82 Å². The van der Waals surface area contributed by atoms with E-state index in [0.717, 1.165) is 0 Å². The standard InChI is InChI=1S/C10H6Br2FN3O/c11-5-1-6(13)3-7(2-5)17-10-8(12)9(14)15-4-16-10/h1-4H,(H2,14,15,16). The highest BCUT2D eigenvalue weighted by molar-refractivity contribution is 9.11. The van der Waals surface area contributed by atoms with Gasteiger partial charge in [-0.2, -0.15) is 0 Å². The van der Waals surface area contributed by atoms with Crippen LogP contribution in [0.2, 0.25) is 0 Å². The van der Waals surface area contributed by atoms with Gasteiger partial charge in [0.1, 0.15) is 28.2 Å². The second-order valence-corrected chi connectivity index (χ2v) is 4.79. The monoisotopic (exact) mass is 361 g/mol. The fourth-order valence-corrected chi connectivity index (χ4v) is 1.87. The van der Waals surface area contributed by atoms with Crippen molar-refractivity contribution in [3.63, 3.8) is 0 Å². The molecule has 17 heavy (non-hydrogen) atoms. The van der Waals surface area contributed by atoms with Crippen LogP contribution in [0.5, 0.6) is 11.6 Å². The third-order valence-corrected chi connectivity index (χ3v) is 3.04. The number of nitrogens with zero attached hydrogens (tertiary/aromatic N) is 2. The molecule has 4 nitrogen and oxygen atoms in total. The summed E-state index contributed by atoms with van der Waals surface area (Å²) in [4.78, 5) is 7.67. The molecule has 0 bridgehead atoms. The molecule has 0 atom stereocenters. The van der Waals surface area contributed by atoms with E-state index in [1.54, 1.807) is 6.07 Å². The molecule has 0 spiro atoms. The highest BCUT2D eigenvalue weighted by atomic mass is 79.9. The van der Waals surface area contributed by atoms with Crippen LogP contribution in [-0.2, 0) is 0 Å². The maximum absolute atomic E-state index is 13.1. The van der Waals surface area contributed by atoms with E-state index in [1.165, 1.54) is 18.5 Å². The van der Waals surface area contributed by atoms with Crippen molar-refractivity contribution in [2.45, 2.75) is 0 Å². The summed E-state index contributed by atoms with van der Waals surface area (Å²) in [7, 11) is 0. The molecule has 2 aromatic rings. The van der Waals surface area contributed by atoms with Crippen molar-refractivity contribution < 1.29 is 9.13 Å². The van der Waals surface area contributed by atoms with E-state index in [9.17, 15) is 4.39 Å². The summed E-state index contributed by atoms with van der Waals surface area (Å²) in [5, 5.41) is 0. The van der Waals surface area contributed by atoms with E-state index in [1.807, 2.05) is 0 Å². The van der Waals surface area contributed by atoms with Crippen LogP contribution in [0.4, 0.5) is 10.2 Å². The number of aromatic nitrogens is 2. The average molecular weight is 363 g/mol. The number of nitrogen functional groups attached to an aromatic ring is 1. The number of rotatable bonds is 2. The van der Waals surface area contributed by atoms with Gasteiger partial charge in [0, 0.05) is 10.5 Å². The van der Waals surface area contributed by atoms with Gasteiger partial charge in [-0.25, -0.2) is 14.4 Å². The highest BCUT2D eigenvalue weighted by Gasteiger charge is 2.09. The molecule has 0 amide bonds. The molecule has 2 N–H and O–H groups in total. The SMILES string of the molecule is Nc1ncnc(Oc2cc(F)cc(Br)c2)c1Br. The van der Waals surface area contributed by atoms with Gasteiger partial charge in [-0.1, -0.05) is 15.9 Å². The largest absolute Gasteiger partial charge is 0.438 e. The van der Waals surface area contributed by atoms with Crippen molar-refractivity contribution in [1.29, 1.82) is 0 Å². The molecule has 1 heterocycles. The molecule has 1 aromatic heterocycles. The van der Waals surface area contributed by atoms with Gasteiger partial charge >= 0.3 is 0 Å². The van der Waals surface area contributed by atoms with Gasteiger partial charge in [0.05, 0.1) is 0 Å². The zero-order valence-electron chi connectivity index (χ0n) is 8.32. The van der Waals surface area contributed by atoms with Crippen LogP contribution in [0.3, 0.4) is 0 Å². The van der Waals surface area contributed by atoms with E-state index in [0.29, 0.717) is 14.7 Å². The normalized spacial score (nSPS) is 10.3. The Bertz CT molecular complexity index is 545. The van der Waals surface area contributed by atoms with Crippen LogP contribution < -0.4 is 10.5 Å². The van der Waals surface area contributed by atoms with Crippen LogP contribution in [0.1, 0.15) is 0 Å². The smallest absolute Gasteiger partial charge is 0.238 e. The van der Waals surface area contributed by atoms with E-state index in [2.05, 4.69) is 41.8 Å². The fourth-order valence-electron chi connectivity index (χ4n) is 1.14. The van der Waals surface area contributed by atoms with Gasteiger partial charge in [0.25, 0.3) is 0 Å². The molecule has 0 aliphatic rings. The Labute approximate surface area is 113 Å². The Hall–Kier alpha value is -1.21. The maximum atomic E-state index is 13.1. The molecule has 0 fully saturated rings. The number of nitrogens with two attached hydrogens (primary N) is 1. The number of benzene rings is 1. The zero-order chi connectivity index (χ0) is 12.4. The van der Waals surface area contributed by atoms with Crippen molar-refractivity contribution in [1.82, 2.24) is 9.97 Å². The zero-order valence-corrected chi connectivity index (χ0v) is 11.5. The molecule has 0 aliphatic heterocycles. The van der Waals surface area contributed by atoms with Gasteiger partial charge < -0.3 is 10.5 Å². The lowest BCUT2D eigenvalue weighted by Crippen LogP contribution is -1.96. The molecule has 1 aromatic carbocycles. The quantitative estimate of drug-likeness (QED) is 0.887. The second-order valence-electron chi connectivity index (χ2n) is 3.09. The Morgan fingerprint density at radius 3 is 2.65 bits per heavy atom. The minimum absolute atomic E-state index is 0.231. The van der Waals surface area contributed by atoms with Crippen molar-refractivity contribution in [2.24, 2.45) is 0 Å². The Morgan fingerprint density at radius 2 is 1.94 bits per heavy atom. The van der Waals surface area contributed by atoms with E-state index < -0.39 is 5.82 Å². The number of anilines is 1. The summed E-state index contributed by atoms with van der Waals surface area (Å²) >= 11 is 6.36. The van der Waals surface area contributed by atoms with E-state index >= 15 is 0 Å². The lowest BCUT2D eigenvalue weighted by Gasteiger charge is -2.07. The number of ether oxygens (including phenoxy) is 1. The summed E-state index contributed by atoms with van der Waals surface area (Å²) in [5.74, 6) is 0.392. The third-order valence-electron chi connectivity index (χ3n) is 1.84. The molecule has 0 saturated carbocycles. The van der Waals surface area contributed by atoms with E-state index in [-0.39, 0.29) is 11.7 Å². The second kappa shape index (κ2) is 4.97. The first-order chi connectivity index (χ1) is 8.06. The Morgan fingerprint density at radius 1 is 1.18 bits per heavy atom. The lowest BCUT2D eigenvalue weighted by molar-refractivity contribution is 0.453. The molecule has 0 radical (unpaired) electrons. The molecule has 0 aliphatic carbocycles. The van der Waals surface area contributed by atoms with Gasteiger partial charge in [-0.15, -0.1) is 0 Å². The third kappa shape index (κ3) is 2.92. The summed E-state index contributed by atoms with van der Waals surface area (Å²) in [6, 6.07) is 4.19. The van der Waals surface area contributed by atoms with Crippen LogP contribution in [0.25, 0.3) is 0 Å². The number of hydrogen-bond acceptors (Lipinski definition) is 4. The fraction of sp³-hybridized carbons (Fsp3) is 0. The number of halogens is 3. The molecular formula is C10H6Br2FN3O. The van der Waals surface area contributed by atoms with Gasteiger partial charge in [-0.05, 0) is 28.1 Å².